The lowest BCUT2D eigenvalue weighted by Gasteiger charge is -2.45. The van der Waals surface area contributed by atoms with E-state index in [9.17, 15) is 0 Å². The van der Waals surface area contributed by atoms with Crippen molar-refractivity contribution < 1.29 is 14.2 Å². The van der Waals surface area contributed by atoms with E-state index < -0.39 is 0 Å². The Hall–Kier alpha value is -1.87. The predicted octanol–water partition coefficient (Wildman–Crippen LogP) is 2.91. The summed E-state index contributed by atoms with van der Waals surface area (Å²) >= 11 is 1.76. The summed E-state index contributed by atoms with van der Waals surface area (Å²) in [4.78, 5) is 12.4. The summed E-state index contributed by atoms with van der Waals surface area (Å²) in [6.45, 7) is 9.58. The molecular formula is C23H30N4O3S. The molecular weight excluding hydrogens is 412 g/mol. The molecule has 0 bridgehead atoms. The molecule has 0 spiro atoms. The zero-order valence-electron chi connectivity index (χ0n) is 18.6. The number of thioether (sulfide) groups is 1. The Morgan fingerprint density at radius 1 is 1.10 bits per heavy atom. The van der Waals surface area contributed by atoms with E-state index in [4.69, 9.17) is 29.9 Å². The second kappa shape index (κ2) is 7.62. The Bertz CT molecular complexity index is 978. The molecule has 0 saturated carbocycles. The molecule has 5 rings (SSSR count). The average molecular weight is 443 g/mol. The Labute approximate surface area is 187 Å². The zero-order valence-corrected chi connectivity index (χ0v) is 19.4. The van der Waals surface area contributed by atoms with Gasteiger partial charge in [-0.15, -0.1) is 0 Å². The number of nitrogens with two attached hydrogens (primary N) is 1. The normalized spacial score (nSPS) is 24.6. The molecule has 4 heterocycles. The lowest BCUT2D eigenvalue weighted by molar-refractivity contribution is -0.0569. The second-order valence-electron chi connectivity index (χ2n) is 9.25. The molecule has 3 aliphatic heterocycles. The highest BCUT2D eigenvalue weighted by Gasteiger charge is 2.40. The molecule has 2 fully saturated rings. The first kappa shape index (κ1) is 21.0. The van der Waals surface area contributed by atoms with Gasteiger partial charge in [0.2, 0.25) is 0 Å². The van der Waals surface area contributed by atoms with E-state index >= 15 is 0 Å². The van der Waals surface area contributed by atoms with E-state index in [0.717, 1.165) is 28.4 Å². The molecule has 166 valence electrons. The Morgan fingerprint density at radius 2 is 1.84 bits per heavy atom. The summed E-state index contributed by atoms with van der Waals surface area (Å²) in [6.07, 6.45) is 2.10. The number of aromatic nitrogens is 2. The molecule has 7 nitrogen and oxygen atoms in total. The molecule has 0 aliphatic carbocycles. The van der Waals surface area contributed by atoms with Crippen LogP contribution in [0.1, 0.15) is 32.0 Å². The molecule has 1 aromatic carbocycles. The lowest BCUT2D eigenvalue weighted by atomic mass is 9.89. The van der Waals surface area contributed by atoms with Gasteiger partial charge in [0.1, 0.15) is 12.3 Å². The quantitative estimate of drug-likeness (QED) is 0.774. The van der Waals surface area contributed by atoms with Gasteiger partial charge in [-0.25, -0.2) is 9.97 Å². The maximum atomic E-state index is 6.40. The van der Waals surface area contributed by atoms with Gasteiger partial charge in [0.15, 0.2) is 17.4 Å². The molecule has 0 amide bonds. The van der Waals surface area contributed by atoms with Crippen molar-refractivity contribution in [3.8, 4) is 17.1 Å². The molecule has 1 aromatic heterocycles. The van der Waals surface area contributed by atoms with E-state index in [2.05, 4.69) is 56.2 Å². The number of morpholine rings is 1. The van der Waals surface area contributed by atoms with Crippen LogP contribution in [-0.2, 0) is 19.8 Å². The minimum absolute atomic E-state index is 0.169. The first-order chi connectivity index (χ1) is 14.8. The summed E-state index contributed by atoms with van der Waals surface area (Å²) in [5.41, 5.74) is 9.00. The van der Waals surface area contributed by atoms with Crippen molar-refractivity contribution in [1.29, 1.82) is 0 Å². The van der Waals surface area contributed by atoms with E-state index in [1.807, 2.05) is 0 Å². The van der Waals surface area contributed by atoms with Gasteiger partial charge in [0.05, 0.1) is 48.8 Å². The minimum Gasteiger partial charge on any atom is -0.486 e. The SMILES string of the molecule is CSC(C)(C)c1nc(-c2ccc(C3(N)COC3)cc2)nc2c1OC[C@@H]1COC[C@@H](C)N21. The van der Waals surface area contributed by atoms with Crippen molar-refractivity contribution in [2.24, 2.45) is 5.73 Å². The van der Waals surface area contributed by atoms with Crippen LogP contribution >= 0.6 is 11.8 Å². The minimum atomic E-state index is -0.383. The van der Waals surface area contributed by atoms with Gasteiger partial charge in [-0.2, -0.15) is 11.8 Å². The highest BCUT2D eigenvalue weighted by molar-refractivity contribution is 7.99. The van der Waals surface area contributed by atoms with Crippen LogP contribution in [0.2, 0.25) is 0 Å². The molecule has 31 heavy (non-hydrogen) atoms. The highest BCUT2D eigenvalue weighted by atomic mass is 32.2. The Kier molecular flexibility index (Phi) is 5.16. The van der Waals surface area contributed by atoms with Crippen molar-refractivity contribution in [3.63, 3.8) is 0 Å². The van der Waals surface area contributed by atoms with Gasteiger partial charge in [-0.1, -0.05) is 24.3 Å². The van der Waals surface area contributed by atoms with Crippen LogP contribution in [0.4, 0.5) is 5.82 Å². The van der Waals surface area contributed by atoms with Crippen LogP contribution < -0.4 is 15.4 Å². The molecule has 2 N–H and O–H groups in total. The third-order valence-corrected chi connectivity index (χ3v) is 7.78. The van der Waals surface area contributed by atoms with Crippen molar-refractivity contribution >= 4 is 17.6 Å². The van der Waals surface area contributed by atoms with Crippen LogP contribution in [0.3, 0.4) is 0 Å². The summed E-state index contributed by atoms with van der Waals surface area (Å²) in [5, 5.41) is 0. The van der Waals surface area contributed by atoms with Crippen molar-refractivity contribution in [1.82, 2.24) is 9.97 Å². The third kappa shape index (κ3) is 3.50. The standard InChI is InChI=1S/C23H30N4O3S/c1-14-9-28-10-17-11-30-18-19(22(2,3)31-4)25-20(26-21(18)27(14)17)15-5-7-16(8-6-15)23(24)12-29-13-23/h5-8,14,17H,9-13,24H2,1-4H3/t14-,17+/m1/s1. The highest BCUT2D eigenvalue weighted by Crippen LogP contribution is 2.46. The molecule has 2 atom stereocenters. The summed E-state index contributed by atoms with van der Waals surface area (Å²) in [6, 6.07) is 8.65. The number of anilines is 1. The molecule has 0 unspecified atom stereocenters. The van der Waals surface area contributed by atoms with Gasteiger partial charge < -0.3 is 24.8 Å². The summed E-state index contributed by atoms with van der Waals surface area (Å²) < 4.78 is 17.1. The van der Waals surface area contributed by atoms with Gasteiger partial charge in [-0.3, -0.25) is 0 Å². The van der Waals surface area contributed by atoms with Crippen LogP contribution in [0, 0.1) is 0 Å². The first-order valence-electron chi connectivity index (χ1n) is 10.8. The zero-order chi connectivity index (χ0) is 21.8. The fourth-order valence-corrected chi connectivity index (χ4v) is 4.74. The number of fused-ring (bicyclic) bond motifs is 3. The number of nitrogens with zero attached hydrogens (tertiary/aromatic N) is 3. The maximum Gasteiger partial charge on any atom is 0.184 e. The van der Waals surface area contributed by atoms with Crippen molar-refractivity contribution in [3.05, 3.63) is 35.5 Å². The van der Waals surface area contributed by atoms with Crippen molar-refractivity contribution in [2.75, 3.05) is 44.2 Å². The summed E-state index contributed by atoms with van der Waals surface area (Å²) in [5.74, 6) is 2.39. The van der Waals surface area contributed by atoms with Gasteiger partial charge in [-0.05, 0) is 32.6 Å². The number of rotatable bonds is 4. The van der Waals surface area contributed by atoms with Crippen LogP contribution in [0.15, 0.2) is 24.3 Å². The van der Waals surface area contributed by atoms with Crippen molar-refractivity contribution in [2.45, 2.75) is 43.1 Å². The molecule has 8 heteroatoms. The van der Waals surface area contributed by atoms with E-state index in [1.165, 1.54) is 0 Å². The Balaban J connectivity index is 1.61. The monoisotopic (exact) mass is 442 g/mol. The molecule has 3 aliphatic rings. The molecule has 2 aromatic rings. The summed E-state index contributed by atoms with van der Waals surface area (Å²) in [7, 11) is 0. The topological polar surface area (TPSA) is 82.7 Å². The maximum absolute atomic E-state index is 6.40. The smallest absolute Gasteiger partial charge is 0.184 e. The number of hydrogen-bond donors (Lipinski definition) is 1. The van der Waals surface area contributed by atoms with Crippen LogP contribution in [0.25, 0.3) is 11.4 Å². The fraction of sp³-hybridized carbons (Fsp3) is 0.565. The Morgan fingerprint density at radius 3 is 2.48 bits per heavy atom. The fourth-order valence-electron chi connectivity index (χ4n) is 4.40. The van der Waals surface area contributed by atoms with Crippen LogP contribution in [0.5, 0.6) is 5.75 Å². The van der Waals surface area contributed by atoms with E-state index in [-0.39, 0.29) is 22.4 Å². The number of hydrogen-bond acceptors (Lipinski definition) is 8. The molecule has 0 radical (unpaired) electrons. The van der Waals surface area contributed by atoms with Gasteiger partial charge >= 0.3 is 0 Å². The second-order valence-corrected chi connectivity index (χ2v) is 10.7. The average Bonchev–Trinajstić information content (AvgIpc) is 2.76. The molecule has 2 saturated heterocycles. The van der Waals surface area contributed by atoms with E-state index in [1.54, 1.807) is 11.8 Å². The van der Waals surface area contributed by atoms with Gasteiger partial charge in [0, 0.05) is 5.56 Å². The predicted molar refractivity (Wildman–Crippen MR) is 123 cm³/mol. The lowest BCUT2D eigenvalue weighted by Crippen LogP contribution is -2.56. The number of ether oxygens (including phenoxy) is 3. The number of benzene rings is 1. The third-order valence-electron chi connectivity index (χ3n) is 6.57. The first-order valence-corrected chi connectivity index (χ1v) is 12.0. The van der Waals surface area contributed by atoms with E-state index in [0.29, 0.717) is 38.9 Å². The van der Waals surface area contributed by atoms with Crippen LogP contribution in [-0.4, -0.2) is 61.3 Å². The largest absolute Gasteiger partial charge is 0.486 e. The van der Waals surface area contributed by atoms with Gasteiger partial charge in [0.25, 0.3) is 0 Å².